The molecule has 1 aromatic heterocycles. The monoisotopic (exact) mass is 365 g/mol. The number of anilines is 1. The van der Waals surface area contributed by atoms with Gasteiger partial charge in [-0.05, 0) is 49.4 Å². The minimum absolute atomic E-state index is 0.501. The normalized spacial score (nSPS) is 11.0. The van der Waals surface area contributed by atoms with Crippen molar-refractivity contribution in [3.05, 3.63) is 42.5 Å². The van der Waals surface area contributed by atoms with Crippen molar-refractivity contribution in [1.29, 1.82) is 5.26 Å². The fourth-order valence-electron chi connectivity index (χ4n) is 2.41. The number of thiazole rings is 1. The summed E-state index contributed by atoms with van der Waals surface area (Å²) in [4.78, 5) is 6.51. The Hall–Kier alpha value is -2.98. The van der Waals surface area contributed by atoms with E-state index in [0.29, 0.717) is 24.7 Å². The van der Waals surface area contributed by atoms with E-state index in [1.165, 1.54) is 11.3 Å². The Bertz CT molecular complexity index is 943. The van der Waals surface area contributed by atoms with Gasteiger partial charge < -0.3 is 9.64 Å². The number of hydrogen-bond acceptors (Lipinski definition) is 7. The fraction of sp³-hybridized carbons (Fsp3) is 0.263. The van der Waals surface area contributed by atoms with Crippen LogP contribution in [0.3, 0.4) is 0 Å². The Balaban J connectivity index is 1.71. The molecule has 0 aliphatic rings. The Morgan fingerprint density at radius 3 is 2.73 bits per heavy atom. The first-order chi connectivity index (χ1) is 12.7. The first-order valence-electron chi connectivity index (χ1n) is 8.33. The molecule has 0 spiro atoms. The number of hydrogen-bond donors (Lipinski definition) is 0. The highest BCUT2D eigenvalue weighted by atomic mass is 32.1. The van der Waals surface area contributed by atoms with Crippen LogP contribution in [0.4, 0.5) is 16.5 Å². The molecule has 0 fully saturated rings. The molecule has 0 saturated carbocycles. The molecule has 132 valence electrons. The summed E-state index contributed by atoms with van der Waals surface area (Å²) in [7, 11) is 1.96. The van der Waals surface area contributed by atoms with E-state index in [2.05, 4.69) is 21.3 Å². The number of azo groups is 1. The van der Waals surface area contributed by atoms with Crippen LogP contribution in [0, 0.1) is 11.3 Å². The van der Waals surface area contributed by atoms with Crippen LogP contribution in [0.1, 0.15) is 13.3 Å². The zero-order valence-electron chi connectivity index (χ0n) is 14.7. The molecule has 0 bridgehead atoms. The molecular weight excluding hydrogens is 346 g/mol. The molecule has 26 heavy (non-hydrogen) atoms. The Morgan fingerprint density at radius 2 is 2.00 bits per heavy atom. The summed E-state index contributed by atoms with van der Waals surface area (Å²) in [5.41, 5.74) is 2.70. The lowest BCUT2D eigenvalue weighted by atomic mass is 10.2. The highest BCUT2D eigenvalue weighted by Gasteiger charge is 2.05. The van der Waals surface area contributed by atoms with Gasteiger partial charge in [-0.3, -0.25) is 0 Å². The van der Waals surface area contributed by atoms with Gasteiger partial charge in [-0.2, -0.15) is 5.26 Å². The minimum Gasteiger partial charge on any atom is -0.494 e. The molecular formula is C19H19N5OS. The van der Waals surface area contributed by atoms with E-state index in [1.54, 1.807) is 0 Å². The molecule has 0 unspecified atom stereocenters. The number of nitrogens with zero attached hydrogens (tertiary/aromatic N) is 5. The van der Waals surface area contributed by atoms with Crippen LogP contribution in [0.5, 0.6) is 5.75 Å². The van der Waals surface area contributed by atoms with Gasteiger partial charge in [0.25, 0.3) is 0 Å². The van der Waals surface area contributed by atoms with Crippen molar-refractivity contribution in [3.63, 3.8) is 0 Å². The van der Waals surface area contributed by atoms with Gasteiger partial charge in [0, 0.05) is 19.3 Å². The SMILES string of the molecule is CCOc1ccc2nc(N=Nc3ccc(N(C)CCC#N)cc3)sc2c1. The van der Waals surface area contributed by atoms with Crippen molar-refractivity contribution >= 4 is 38.1 Å². The summed E-state index contributed by atoms with van der Waals surface area (Å²) >= 11 is 1.48. The van der Waals surface area contributed by atoms with Crippen LogP contribution in [-0.2, 0) is 0 Å². The third kappa shape index (κ3) is 4.35. The number of fused-ring (bicyclic) bond motifs is 1. The third-order valence-electron chi connectivity index (χ3n) is 3.76. The molecule has 2 aromatic carbocycles. The summed E-state index contributed by atoms with van der Waals surface area (Å²) in [6, 6.07) is 15.7. The van der Waals surface area contributed by atoms with Gasteiger partial charge in [0.2, 0.25) is 5.13 Å². The van der Waals surface area contributed by atoms with E-state index in [0.717, 1.165) is 27.3 Å². The first-order valence-corrected chi connectivity index (χ1v) is 9.14. The number of nitriles is 1. The van der Waals surface area contributed by atoms with Gasteiger partial charge in [0.1, 0.15) is 5.75 Å². The summed E-state index contributed by atoms with van der Waals surface area (Å²) in [6.45, 7) is 3.30. The second kappa shape index (κ2) is 8.41. The lowest BCUT2D eigenvalue weighted by molar-refractivity contribution is 0.341. The molecule has 0 amide bonds. The van der Waals surface area contributed by atoms with E-state index in [4.69, 9.17) is 10.00 Å². The van der Waals surface area contributed by atoms with Crippen molar-refractivity contribution in [3.8, 4) is 11.8 Å². The van der Waals surface area contributed by atoms with Gasteiger partial charge in [-0.25, -0.2) is 4.98 Å². The number of ether oxygens (including phenoxy) is 1. The molecule has 7 heteroatoms. The molecule has 0 radical (unpaired) electrons. The van der Waals surface area contributed by atoms with Crippen LogP contribution in [-0.4, -0.2) is 25.2 Å². The quantitative estimate of drug-likeness (QED) is 0.521. The van der Waals surface area contributed by atoms with Crippen LogP contribution < -0.4 is 9.64 Å². The van der Waals surface area contributed by atoms with E-state index in [9.17, 15) is 0 Å². The largest absolute Gasteiger partial charge is 0.494 e. The van der Waals surface area contributed by atoms with Gasteiger partial charge in [0.15, 0.2) is 0 Å². The van der Waals surface area contributed by atoms with Crippen LogP contribution in [0.2, 0.25) is 0 Å². The van der Waals surface area contributed by atoms with Gasteiger partial charge >= 0.3 is 0 Å². The van der Waals surface area contributed by atoms with Crippen molar-refractivity contribution < 1.29 is 4.74 Å². The Labute approximate surface area is 156 Å². The second-order valence-electron chi connectivity index (χ2n) is 5.61. The molecule has 0 N–H and O–H groups in total. The number of rotatable bonds is 7. The van der Waals surface area contributed by atoms with Crippen molar-refractivity contribution in [2.75, 3.05) is 25.1 Å². The van der Waals surface area contributed by atoms with Gasteiger partial charge in [-0.1, -0.05) is 11.3 Å². The molecule has 1 heterocycles. The van der Waals surface area contributed by atoms with Crippen LogP contribution >= 0.6 is 11.3 Å². The molecule has 0 saturated heterocycles. The van der Waals surface area contributed by atoms with Crippen LogP contribution in [0.15, 0.2) is 52.7 Å². The molecule has 3 aromatic rings. The maximum atomic E-state index is 8.66. The average molecular weight is 365 g/mol. The molecule has 0 aliphatic heterocycles. The maximum absolute atomic E-state index is 8.66. The van der Waals surface area contributed by atoms with E-state index < -0.39 is 0 Å². The molecule has 3 rings (SSSR count). The second-order valence-corrected chi connectivity index (χ2v) is 6.61. The first kappa shape index (κ1) is 17.8. The highest BCUT2D eigenvalue weighted by molar-refractivity contribution is 7.21. The highest BCUT2D eigenvalue weighted by Crippen LogP contribution is 2.32. The van der Waals surface area contributed by atoms with E-state index in [-0.39, 0.29) is 0 Å². The minimum atomic E-state index is 0.501. The summed E-state index contributed by atoms with van der Waals surface area (Å²) < 4.78 is 6.54. The van der Waals surface area contributed by atoms with E-state index >= 15 is 0 Å². The molecule has 6 nitrogen and oxygen atoms in total. The average Bonchev–Trinajstić information content (AvgIpc) is 3.07. The topological polar surface area (TPSA) is 73.9 Å². The van der Waals surface area contributed by atoms with Gasteiger partial charge in [-0.15, -0.1) is 10.2 Å². The summed E-state index contributed by atoms with van der Waals surface area (Å²) in [6.07, 6.45) is 0.501. The zero-order valence-corrected chi connectivity index (χ0v) is 15.5. The smallest absolute Gasteiger partial charge is 0.231 e. The standard InChI is InChI=1S/C19H19N5OS/c1-3-25-16-9-10-17-18(13-16)26-19(21-17)23-22-14-5-7-15(8-6-14)24(2)12-4-11-20/h5-10,13H,3-4,12H2,1-2H3. The number of benzene rings is 2. The summed E-state index contributed by atoms with van der Waals surface area (Å²) in [5, 5.41) is 17.8. The van der Waals surface area contributed by atoms with Crippen molar-refractivity contribution in [2.24, 2.45) is 10.2 Å². The Kier molecular flexibility index (Phi) is 5.77. The van der Waals surface area contributed by atoms with Gasteiger partial charge in [0.05, 0.1) is 35.0 Å². The predicted molar refractivity (Wildman–Crippen MR) is 105 cm³/mol. The summed E-state index contributed by atoms with van der Waals surface area (Å²) in [5.74, 6) is 0.836. The third-order valence-corrected chi connectivity index (χ3v) is 4.66. The number of aromatic nitrogens is 1. The molecule has 0 aliphatic carbocycles. The van der Waals surface area contributed by atoms with Crippen LogP contribution in [0.25, 0.3) is 10.2 Å². The lowest BCUT2D eigenvalue weighted by Crippen LogP contribution is -2.17. The van der Waals surface area contributed by atoms with Crippen molar-refractivity contribution in [2.45, 2.75) is 13.3 Å². The maximum Gasteiger partial charge on any atom is 0.231 e. The Morgan fingerprint density at radius 1 is 1.19 bits per heavy atom. The predicted octanol–water partition coefficient (Wildman–Crippen LogP) is 5.46. The van der Waals surface area contributed by atoms with E-state index in [1.807, 2.05) is 61.3 Å². The molecule has 0 atom stereocenters. The van der Waals surface area contributed by atoms with Crippen molar-refractivity contribution in [1.82, 2.24) is 4.98 Å². The fourth-order valence-corrected chi connectivity index (χ4v) is 3.23. The zero-order chi connectivity index (χ0) is 18.4. The lowest BCUT2D eigenvalue weighted by Gasteiger charge is -2.17.